The minimum absolute atomic E-state index is 0.307. The van der Waals surface area contributed by atoms with Crippen LogP contribution in [-0.2, 0) is 51.2 Å². The lowest BCUT2D eigenvalue weighted by atomic mass is 10.1. The molecule has 14 nitrogen and oxygen atoms in total. The summed E-state index contributed by atoms with van der Waals surface area (Å²) < 4.78 is 45.5. The highest BCUT2D eigenvalue weighted by Gasteiger charge is 2.29. The van der Waals surface area contributed by atoms with E-state index in [0.29, 0.717) is 76.0 Å². The number of carbonyl (C=O) groups is 2. The molecule has 2 atom stereocenters. The average Bonchev–Trinajstić information content (AvgIpc) is 3.30. The average molecular weight is 825 g/mol. The maximum Gasteiger partial charge on any atom is 0.330 e. The van der Waals surface area contributed by atoms with E-state index in [1.54, 1.807) is 24.8 Å². The van der Waals surface area contributed by atoms with Gasteiger partial charge in [0.05, 0.1) is 77.6 Å². The Morgan fingerprint density at radius 1 is 0.533 bits per heavy atom. The summed E-state index contributed by atoms with van der Waals surface area (Å²) in [7, 11) is 0. The minimum atomic E-state index is -0.683. The Labute approximate surface area is 352 Å². The van der Waals surface area contributed by atoms with Crippen LogP contribution in [0.4, 0.5) is 0 Å². The molecule has 0 spiro atoms. The Hall–Kier alpha value is -5.54. The fraction of sp³-hybridized carbons (Fsp3) is 0.435. The zero-order chi connectivity index (χ0) is 42.0. The van der Waals surface area contributed by atoms with Crippen molar-refractivity contribution >= 4 is 11.9 Å². The summed E-state index contributed by atoms with van der Waals surface area (Å²) in [4.78, 5) is 40.0. The number of ether oxygens (including phenoxy) is 8. The van der Waals surface area contributed by atoms with Gasteiger partial charge in [-0.2, -0.15) is 0 Å². The van der Waals surface area contributed by atoms with Crippen LogP contribution < -0.4 is 9.47 Å². The SMILES string of the molecule is C=CC(=O)OCCCCCCCOc1cnc(-c2ccc(CO[C@@H]3OCCO[C@H]3OCc3ccc(-c4ncc(OCCCCCCCOC(=O)C=C)cn4)cc3)cc2)nc1. The highest BCUT2D eigenvalue weighted by Crippen LogP contribution is 2.22. The largest absolute Gasteiger partial charge is 0.490 e. The van der Waals surface area contributed by atoms with Crippen molar-refractivity contribution in [2.75, 3.05) is 39.6 Å². The number of esters is 2. The van der Waals surface area contributed by atoms with Gasteiger partial charge in [0, 0.05) is 23.3 Å². The van der Waals surface area contributed by atoms with Crippen LogP contribution in [0.2, 0.25) is 0 Å². The molecular formula is C46H56N4O10. The topological polar surface area (TPSA) is 160 Å². The Bertz CT molecular complexity index is 1720. The predicted octanol–water partition coefficient (Wildman–Crippen LogP) is 8.15. The Kier molecular flexibility index (Phi) is 20.1. The van der Waals surface area contributed by atoms with E-state index in [1.165, 1.54) is 12.2 Å². The van der Waals surface area contributed by atoms with E-state index in [9.17, 15) is 9.59 Å². The number of unbranched alkanes of at least 4 members (excludes halogenated alkanes) is 8. The van der Waals surface area contributed by atoms with Crippen molar-refractivity contribution in [2.24, 2.45) is 0 Å². The monoisotopic (exact) mass is 824 g/mol. The molecule has 2 aromatic carbocycles. The van der Waals surface area contributed by atoms with Crippen molar-refractivity contribution in [3.05, 3.63) is 110 Å². The van der Waals surface area contributed by atoms with Crippen molar-refractivity contribution in [3.8, 4) is 34.3 Å². The molecule has 14 heteroatoms. The van der Waals surface area contributed by atoms with Crippen LogP contribution in [0, 0.1) is 0 Å². The lowest BCUT2D eigenvalue weighted by molar-refractivity contribution is -0.326. The summed E-state index contributed by atoms with van der Waals surface area (Å²) in [5.41, 5.74) is 3.67. The first kappa shape index (κ1) is 45.5. The molecule has 0 saturated carbocycles. The van der Waals surface area contributed by atoms with Gasteiger partial charge in [0.15, 0.2) is 23.1 Å². The summed E-state index contributed by atoms with van der Waals surface area (Å²) in [6.45, 7) is 10.2. The van der Waals surface area contributed by atoms with Gasteiger partial charge in [-0.25, -0.2) is 29.5 Å². The van der Waals surface area contributed by atoms with Gasteiger partial charge in [0.2, 0.25) is 12.6 Å². The van der Waals surface area contributed by atoms with Gasteiger partial charge in [-0.1, -0.05) is 100 Å². The van der Waals surface area contributed by atoms with Gasteiger partial charge in [0.1, 0.15) is 0 Å². The van der Waals surface area contributed by atoms with E-state index in [1.807, 2.05) is 48.5 Å². The second-order valence-corrected chi connectivity index (χ2v) is 14.0. The predicted molar refractivity (Wildman–Crippen MR) is 223 cm³/mol. The van der Waals surface area contributed by atoms with E-state index in [2.05, 4.69) is 33.1 Å². The summed E-state index contributed by atoms with van der Waals surface area (Å²) in [5.74, 6) is 1.71. The fourth-order valence-corrected chi connectivity index (χ4v) is 5.99. The third kappa shape index (κ3) is 16.6. The Morgan fingerprint density at radius 2 is 0.883 bits per heavy atom. The molecule has 4 aromatic rings. The molecule has 3 heterocycles. The molecule has 320 valence electrons. The Morgan fingerprint density at radius 3 is 1.25 bits per heavy atom. The van der Waals surface area contributed by atoms with Gasteiger partial charge < -0.3 is 37.9 Å². The molecule has 1 aliphatic heterocycles. The highest BCUT2D eigenvalue weighted by atomic mass is 16.8. The molecule has 0 amide bonds. The first-order chi connectivity index (χ1) is 29.5. The van der Waals surface area contributed by atoms with Gasteiger partial charge in [-0.3, -0.25) is 0 Å². The van der Waals surface area contributed by atoms with Crippen LogP contribution in [0.25, 0.3) is 22.8 Å². The lowest BCUT2D eigenvalue weighted by Crippen LogP contribution is -2.41. The second-order valence-electron chi connectivity index (χ2n) is 14.0. The minimum Gasteiger partial charge on any atom is -0.490 e. The van der Waals surface area contributed by atoms with E-state index in [-0.39, 0.29) is 11.9 Å². The first-order valence-electron chi connectivity index (χ1n) is 20.6. The standard InChI is InChI=1S/C46H56N4O10/c1-3-41(51)55-25-13-9-5-7-11-23-53-39-29-47-43(48-30-39)37-19-15-35(16-20-37)33-59-45-46(58-28-27-57-45)60-34-36-17-21-38(22-18-36)44-49-31-40(32-50-44)54-24-12-8-6-10-14-26-56-42(52)4-2/h3-4,15-22,29-32,45-46H,1-2,5-14,23-28,33-34H2/t45-,46-/m0/s1. The van der Waals surface area contributed by atoms with Gasteiger partial charge in [-0.05, 0) is 36.8 Å². The fourth-order valence-electron chi connectivity index (χ4n) is 5.99. The molecular weight excluding hydrogens is 769 g/mol. The van der Waals surface area contributed by atoms with Crippen molar-refractivity contribution in [1.29, 1.82) is 0 Å². The highest BCUT2D eigenvalue weighted by molar-refractivity contribution is 5.81. The number of nitrogens with zero attached hydrogens (tertiary/aromatic N) is 4. The summed E-state index contributed by atoms with van der Waals surface area (Å²) >= 11 is 0. The number of rotatable bonds is 28. The van der Waals surface area contributed by atoms with Crippen LogP contribution >= 0.6 is 0 Å². The Balaban J connectivity index is 0.958. The quantitative estimate of drug-likeness (QED) is 0.0307. The van der Waals surface area contributed by atoms with Gasteiger partial charge >= 0.3 is 11.9 Å². The van der Waals surface area contributed by atoms with E-state index in [0.717, 1.165) is 86.5 Å². The molecule has 60 heavy (non-hydrogen) atoms. The van der Waals surface area contributed by atoms with Crippen LogP contribution in [-0.4, -0.2) is 84.1 Å². The number of benzene rings is 2. The molecule has 2 aromatic heterocycles. The van der Waals surface area contributed by atoms with Gasteiger partial charge in [-0.15, -0.1) is 0 Å². The normalized spacial score (nSPS) is 14.9. The number of hydrogen-bond acceptors (Lipinski definition) is 14. The smallest absolute Gasteiger partial charge is 0.330 e. The van der Waals surface area contributed by atoms with E-state index >= 15 is 0 Å². The van der Waals surface area contributed by atoms with Crippen LogP contribution in [0.15, 0.2) is 98.6 Å². The third-order valence-electron chi connectivity index (χ3n) is 9.32. The van der Waals surface area contributed by atoms with Crippen LogP contribution in [0.1, 0.15) is 75.3 Å². The third-order valence-corrected chi connectivity index (χ3v) is 9.32. The molecule has 1 aliphatic rings. The number of aromatic nitrogens is 4. The summed E-state index contributed by atoms with van der Waals surface area (Å²) in [6, 6.07) is 15.7. The number of hydrogen-bond donors (Lipinski definition) is 0. The second kappa shape index (κ2) is 26.5. The number of carbonyl (C=O) groups excluding carboxylic acids is 2. The maximum absolute atomic E-state index is 11.1. The zero-order valence-corrected chi connectivity index (χ0v) is 34.3. The molecule has 0 radical (unpaired) electrons. The molecule has 1 fully saturated rings. The van der Waals surface area contributed by atoms with E-state index in [4.69, 9.17) is 37.9 Å². The van der Waals surface area contributed by atoms with Crippen molar-refractivity contribution in [2.45, 2.75) is 90.0 Å². The molecule has 0 N–H and O–H groups in total. The van der Waals surface area contributed by atoms with Crippen molar-refractivity contribution < 1.29 is 47.5 Å². The van der Waals surface area contributed by atoms with Crippen molar-refractivity contribution in [3.63, 3.8) is 0 Å². The maximum atomic E-state index is 11.1. The lowest BCUT2D eigenvalue weighted by Gasteiger charge is -2.31. The van der Waals surface area contributed by atoms with Crippen LogP contribution in [0.3, 0.4) is 0 Å². The molecule has 0 unspecified atom stereocenters. The molecule has 5 rings (SSSR count). The molecule has 1 saturated heterocycles. The summed E-state index contributed by atoms with van der Waals surface area (Å²) in [5, 5.41) is 0. The first-order valence-corrected chi connectivity index (χ1v) is 20.6. The van der Waals surface area contributed by atoms with Gasteiger partial charge in [0.25, 0.3) is 0 Å². The van der Waals surface area contributed by atoms with Crippen molar-refractivity contribution in [1.82, 2.24) is 19.9 Å². The molecule has 0 bridgehead atoms. The van der Waals surface area contributed by atoms with E-state index < -0.39 is 12.6 Å². The zero-order valence-electron chi connectivity index (χ0n) is 34.3. The summed E-state index contributed by atoms with van der Waals surface area (Å²) in [6.07, 6.45) is 17.5. The van der Waals surface area contributed by atoms with Crippen LogP contribution in [0.5, 0.6) is 11.5 Å². The molecule has 0 aliphatic carbocycles.